The molecule has 0 amide bonds. The van der Waals surface area contributed by atoms with E-state index in [9.17, 15) is 0 Å². The van der Waals surface area contributed by atoms with Crippen LogP contribution < -0.4 is 4.90 Å². The molecule has 0 N–H and O–H groups in total. The first kappa shape index (κ1) is 15.8. The van der Waals surface area contributed by atoms with Gasteiger partial charge in [-0.25, -0.2) is 4.98 Å². The van der Waals surface area contributed by atoms with E-state index in [1.807, 2.05) is 0 Å². The summed E-state index contributed by atoms with van der Waals surface area (Å²) in [6.07, 6.45) is 3.92. The highest BCUT2D eigenvalue weighted by atomic mass is 16.5. The van der Waals surface area contributed by atoms with Gasteiger partial charge in [-0.1, -0.05) is 12.5 Å². The maximum atomic E-state index is 5.43. The molecule has 2 fully saturated rings. The van der Waals surface area contributed by atoms with Gasteiger partial charge in [-0.15, -0.1) is 0 Å². The van der Waals surface area contributed by atoms with Gasteiger partial charge in [0.1, 0.15) is 5.82 Å². The van der Waals surface area contributed by atoms with Crippen LogP contribution in [-0.4, -0.2) is 48.8 Å². The first-order chi connectivity index (χ1) is 10.7. The minimum Gasteiger partial charge on any atom is -0.378 e. The molecule has 2 aliphatic heterocycles. The number of pyridine rings is 1. The van der Waals surface area contributed by atoms with Crippen LogP contribution in [0.4, 0.5) is 5.82 Å². The van der Waals surface area contributed by atoms with Crippen molar-refractivity contribution in [2.45, 2.75) is 52.1 Å². The fraction of sp³-hybridized carbons (Fsp3) is 0.722. The van der Waals surface area contributed by atoms with Crippen LogP contribution in [0.1, 0.15) is 50.4 Å². The molecule has 3 heterocycles. The van der Waals surface area contributed by atoms with Crippen molar-refractivity contribution in [3.8, 4) is 0 Å². The Morgan fingerprint density at radius 3 is 2.59 bits per heavy atom. The van der Waals surface area contributed by atoms with Gasteiger partial charge >= 0.3 is 0 Å². The normalized spacial score (nSPS) is 24.0. The molecule has 0 aromatic carbocycles. The lowest BCUT2D eigenvalue weighted by molar-refractivity contribution is 0.111. The van der Waals surface area contributed by atoms with Crippen LogP contribution in [-0.2, 0) is 4.74 Å². The second-order valence-electron chi connectivity index (χ2n) is 6.79. The zero-order valence-corrected chi connectivity index (χ0v) is 14.2. The number of nitrogens with zero attached hydrogens (tertiary/aromatic N) is 3. The van der Waals surface area contributed by atoms with E-state index in [-0.39, 0.29) is 0 Å². The predicted molar refractivity (Wildman–Crippen MR) is 90.4 cm³/mol. The monoisotopic (exact) mass is 303 g/mol. The molecule has 2 aliphatic rings. The molecule has 2 saturated heterocycles. The van der Waals surface area contributed by atoms with Gasteiger partial charge < -0.3 is 9.64 Å². The van der Waals surface area contributed by atoms with E-state index in [4.69, 9.17) is 9.72 Å². The summed E-state index contributed by atoms with van der Waals surface area (Å²) in [5.41, 5.74) is 2.62. The van der Waals surface area contributed by atoms with Crippen molar-refractivity contribution in [2.24, 2.45) is 0 Å². The minimum atomic E-state index is 0.542. The third kappa shape index (κ3) is 3.28. The third-order valence-electron chi connectivity index (χ3n) is 5.01. The maximum absolute atomic E-state index is 5.43. The summed E-state index contributed by atoms with van der Waals surface area (Å²) in [6.45, 7) is 11.5. The van der Waals surface area contributed by atoms with Gasteiger partial charge in [-0.2, -0.15) is 0 Å². The fourth-order valence-electron chi connectivity index (χ4n) is 3.79. The predicted octanol–water partition coefficient (Wildman–Crippen LogP) is 3.16. The number of piperidine rings is 1. The summed E-state index contributed by atoms with van der Waals surface area (Å²) < 4.78 is 5.43. The van der Waals surface area contributed by atoms with Crippen molar-refractivity contribution in [3.63, 3.8) is 0 Å². The van der Waals surface area contributed by atoms with Crippen molar-refractivity contribution in [1.82, 2.24) is 9.88 Å². The average Bonchev–Trinajstić information content (AvgIpc) is 2.55. The minimum absolute atomic E-state index is 0.542. The molecule has 0 bridgehead atoms. The summed E-state index contributed by atoms with van der Waals surface area (Å²) in [5.74, 6) is 1.11. The van der Waals surface area contributed by atoms with Crippen LogP contribution in [0.25, 0.3) is 0 Å². The van der Waals surface area contributed by atoms with Crippen LogP contribution >= 0.6 is 0 Å². The number of hydrogen-bond donors (Lipinski definition) is 0. The van der Waals surface area contributed by atoms with Crippen molar-refractivity contribution in [2.75, 3.05) is 37.7 Å². The second kappa shape index (κ2) is 6.97. The Kier molecular flexibility index (Phi) is 4.99. The molecule has 4 nitrogen and oxygen atoms in total. The molecule has 0 spiro atoms. The number of aryl methyl sites for hydroxylation is 1. The van der Waals surface area contributed by atoms with E-state index in [2.05, 4.69) is 42.7 Å². The maximum Gasteiger partial charge on any atom is 0.128 e. The number of hydrogen-bond acceptors (Lipinski definition) is 4. The van der Waals surface area contributed by atoms with Gasteiger partial charge in [0.2, 0.25) is 0 Å². The van der Waals surface area contributed by atoms with E-state index in [1.165, 1.54) is 37.1 Å². The molecule has 0 saturated carbocycles. The Hall–Kier alpha value is -1.13. The highest BCUT2D eigenvalue weighted by Gasteiger charge is 2.27. The largest absolute Gasteiger partial charge is 0.378 e. The van der Waals surface area contributed by atoms with Crippen LogP contribution in [0, 0.1) is 6.92 Å². The number of anilines is 1. The summed E-state index contributed by atoms with van der Waals surface area (Å²) in [6, 6.07) is 5.67. The summed E-state index contributed by atoms with van der Waals surface area (Å²) >= 11 is 0. The molecule has 0 radical (unpaired) electrons. The quantitative estimate of drug-likeness (QED) is 0.857. The molecule has 4 heteroatoms. The molecule has 1 unspecified atom stereocenters. The van der Waals surface area contributed by atoms with Gasteiger partial charge in [0.25, 0.3) is 0 Å². The Morgan fingerprint density at radius 1 is 1.14 bits per heavy atom. The van der Waals surface area contributed by atoms with Gasteiger partial charge in [-0.3, -0.25) is 4.90 Å². The molecule has 1 aromatic heterocycles. The third-order valence-corrected chi connectivity index (χ3v) is 5.01. The molecular weight excluding hydrogens is 274 g/mol. The first-order valence-electron chi connectivity index (χ1n) is 8.73. The fourth-order valence-corrected chi connectivity index (χ4v) is 3.79. The van der Waals surface area contributed by atoms with Crippen LogP contribution in [0.3, 0.4) is 0 Å². The second-order valence-corrected chi connectivity index (χ2v) is 6.79. The Balaban J connectivity index is 1.81. The molecule has 1 aromatic rings. The number of likely N-dealkylation sites (tertiary alicyclic amines) is 1. The molecule has 3 rings (SSSR count). The molecule has 0 aliphatic carbocycles. The van der Waals surface area contributed by atoms with Gasteiger partial charge in [-0.05, 0) is 51.8 Å². The molecule has 22 heavy (non-hydrogen) atoms. The van der Waals surface area contributed by atoms with E-state index in [1.54, 1.807) is 0 Å². The van der Waals surface area contributed by atoms with Crippen LogP contribution in [0.15, 0.2) is 12.1 Å². The Morgan fingerprint density at radius 2 is 1.91 bits per heavy atom. The number of aromatic nitrogens is 1. The van der Waals surface area contributed by atoms with Crippen molar-refractivity contribution >= 4 is 5.82 Å². The zero-order valence-electron chi connectivity index (χ0n) is 14.2. The van der Waals surface area contributed by atoms with Gasteiger partial charge in [0.15, 0.2) is 0 Å². The van der Waals surface area contributed by atoms with E-state index in [0.29, 0.717) is 12.1 Å². The Bertz CT molecular complexity index is 497. The SMILES string of the molecule is Cc1nc(N2CCOCC2)ccc1C1CCCCN1C(C)C. The number of rotatable bonds is 3. The smallest absolute Gasteiger partial charge is 0.128 e. The summed E-state index contributed by atoms with van der Waals surface area (Å²) in [4.78, 5) is 9.88. The lowest BCUT2D eigenvalue weighted by Gasteiger charge is -2.39. The summed E-state index contributed by atoms with van der Waals surface area (Å²) in [5, 5.41) is 0. The Labute approximate surface area is 134 Å². The van der Waals surface area contributed by atoms with E-state index < -0.39 is 0 Å². The van der Waals surface area contributed by atoms with Crippen molar-refractivity contribution in [3.05, 3.63) is 23.4 Å². The van der Waals surface area contributed by atoms with Gasteiger partial charge in [0, 0.05) is 30.9 Å². The van der Waals surface area contributed by atoms with Crippen LogP contribution in [0.5, 0.6) is 0 Å². The topological polar surface area (TPSA) is 28.6 Å². The highest BCUT2D eigenvalue weighted by molar-refractivity contribution is 5.43. The van der Waals surface area contributed by atoms with Crippen LogP contribution in [0.2, 0.25) is 0 Å². The van der Waals surface area contributed by atoms with Gasteiger partial charge in [0.05, 0.1) is 13.2 Å². The zero-order chi connectivity index (χ0) is 15.5. The standard InChI is InChI=1S/C18H29N3O/c1-14(2)21-9-5-4-6-17(21)16-7-8-18(19-15(16)3)20-10-12-22-13-11-20/h7-8,14,17H,4-6,9-13H2,1-3H3. The lowest BCUT2D eigenvalue weighted by atomic mass is 9.93. The average molecular weight is 303 g/mol. The lowest BCUT2D eigenvalue weighted by Crippen LogP contribution is -2.39. The van der Waals surface area contributed by atoms with E-state index >= 15 is 0 Å². The van der Waals surface area contributed by atoms with Crippen molar-refractivity contribution < 1.29 is 4.74 Å². The number of morpholine rings is 1. The summed E-state index contributed by atoms with van der Waals surface area (Å²) in [7, 11) is 0. The molecular formula is C18H29N3O. The highest BCUT2D eigenvalue weighted by Crippen LogP contribution is 2.34. The van der Waals surface area contributed by atoms with Crippen molar-refractivity contribution in [1.29, 1.82) is 0 Å². The van der Waals surface area contributed by atoms with E-state index in [0.717, 1.165) is 32.1 Å². The molecule has 1 atom stereocenters. The number of ether oxygens (including phenoxy) is 1. The molecule has 122 valence electrons. The first-order valence-corrected chi connectivity index (χ1v) is 8.73.